The molecule has 2 aliphatic heterocycles. The number of nitrogens with one attached hydrogen (secondary N) is 1. The molecule has 10 heteroatoms. The van der Waals surface area contributed by atoms with Gasteiger partial charge in [0.2, 0.25) is 0 Å². The second-order valence-electron chi connectivity index (χ2n) is 8.78. The van der Waals surface area contributed by atoms with Crippen LogP contribution in [-0.2, 0) is 16.0 Å². The molecule has 0 spiro atoms. The molecule has 186 valence electrons. The molecular formula is C25H27ClFN3O4S. The Labute approximate surface area is 212 Å². The number of allylic oxidation sites excluding steroid dienone is 1. The predicted octanol–water partition coefficient (Wildman–Crippen LogP) is 3.01. The van der Waals surface area contributed by atoms with Gasteiger partial charge in [0, 0.05) is 24.5 Å². The number of thioether (sulfide) groups is 1. The normalized spacial score (nSPS) is 21.5. The van der Waals surface area contributed by atoms with E-state index in [2.05, 4.69) is 15.7 Å². The number of amides is 2. The quantitative estimate of drug-likeness (QED) is 0.463. The largest absolute Gasteiger partial charge is 0.380 e. The van der Waals surface area contributed by atoms with E-state index in [9.17, 15) is 24.2 Å². The number of benzene rings is 1. The van der Waals surface area contributed by atoms with Crippen molar-refractivity contribution in [1.82, 2.24) is 15.2 Å². The Balaban J connectivity index is 1.25. The van der Waals surface area contributed by atoms with E-state index in [-0.39, 0.29) is 17.1 Å². The summed E-state index contributed by atoms with van der Waals surface area (Å²) >= 11 is 7.41. The minimum atomic E-state index is -1.88. The SMILES string of the molecule is O=C(NCC1CC(Cc2ccc(Cl)nc2)=CS1)[C@H](O)[C@@H](O)C(=O)N1CCCC1c1ccc(F)cc1. The standard InChI is InChI=1S/C25H27ClFN3O4S/c26-21-8-3-15(12-28-21)10-16-11-19(35-14-16)13-29-24(33)22(31)23(32)25(34)30-9-1-2-20(30)17-4-6-18(27)7-5-17/h3-8,12,14,19-20,22-23,31-32H,1-2,9-11,13H2,(H,29,33)/t19?,20?,22-,23-/m1/s1. The summed E-state index contributed by atoms with van der Waals surface area (Å²) in [5.41, 5.74) is 3.00. The summed E-state index contributed by atoms with van der Waals surface area (Å²) in [6, 6.07) is 9.19. The summed E-state index contributed by atoms with van der Waals surface area (Å²) in [6.45, 7) is 0.685. The number of nitrogens with zero attached hydrogens (tertiary/aromatic N) is 2. The summed E-state index contributed by atoms with van der Waals surface area (Å²) in [5.74, 6) is -1.88. The number of aliphatic hydroxyl groups is 2. The Kier molecular flexibility index (Phi) is 8.43. The molecule has 2 unspecified atom stereocenters. The Morgan fingerprint density at radius 3 is 2.69 bits per heavy atom. The van der Waals surface area contributed by atoms with E-state index in [0.29, 0.717) is 31.1 Å². The highest BCUT2D eigenvalue weighted by atomic mass is 35.5. The predicted molar refractivity (Wildman–Crippen MR) is 132 cm³/mol. The summed E-state index contributed by atoms with van der Waals surface area (Å²) in [4.78, 5) is 30.9. The van der Waals surface area contributed by atoms with Gasteiger partial charge in [-0.05, 0) is 60.4 Å². The first-order valence-corrected chi connectivity index (χ1v) is 12.8. The third-order valence-electron chi connectivity index (χ3n) is 6.25. The van der Waals surface area contributed by atoms with Crippen LogP contribution in [0.1, 0.15) is 36.4 Å². The average Bonchev–Trinajstić information content (AvgIpc) is 3.53. The highest BCUT2D eigenvalue weighted by molar-refractivity contribution is 8.03. The van der Waals surface area contributed by atoms with Crippen LogP contribution < -0.4 is 5.32 Å². The van der Waals surface area contributed by atoms with Crippen molar-refractivity contribution in [3.05, 3.63) is 75.7 Å². The fourth-order valence-electron chi connectivity index (χ4n) is 4.42. The molecule has 4 rings (SSSR count). The molecule has 3 N–H and O–H groups in total. The number of halogens is 2. The van der Waals surface area contributed by atoms with Gasteiger partial charge in [-0.15, -0.1) is 11.8 Å². The van der Waals surface area contributed by atoms with Crippen LogP contribution in [0.15, 0.2) is 53.6 Å². The van der Waals surface area contributed by atoms with Gasteiger partial charge in [0.15, 0.2) is 12.2 Å². The number of aliphatic hydroxyl groups excluding tert-OH is 2. The molecule has 7 nitrogen and oxygen atoms in total. The van der Waals surface area contributed by atoms with Crippen molar-refractivity contribution in [1.29, 1.82) is 0 Å². The monoisotopic (exact) mass is 519 g/mol. The van der Waals surface area contributed by atoms with Crippen LogP contribution in [0.4, 0.5) is 4.39 Å². The summed E-state index contributed by atoms with van der Waals surface area (Å²) < 4.78 is 13.3. The molecule has 4 atom stereocenters. The van der Waals surface area contributed by atoms with Gasteiger partial charge in [0.1, 0.15) is 11.0 Å². The molecular weight excluding hydrogens is 493 g/mol. The lowest BCUT2D eigenvalue weighted by Gasteiger charge is -2.28. The molecule has 0 aliphatic carbocycles. The Morgan fingerprint density at radius 1 is 1.20 bits per heavy atom. The highest BCUT2D eigenvalue weighted by Crippen LogP contribution is 2.33. The van der Waals surface area contributed by atoms with Gasteiger partial charge in [-0.25, -0.2) is 9.37 Å². The van der Waals surface area contributed by atoms with Gasteiger partial charge in [-0.1, -0.05) is 35.4 Å². The van der Waals surface area contributed by atoms with Gasteiger partial charge in [0.25, 0.3) is 11.8 Å². The van der Waals surface area contributed by atoms with Crippen molar-refractivity contribution in [2.45, 2.75) is 49.2 Å². The first-order chi connectivity index (χ1) is 16.8. The Hall–Kier alpha value is -2.46. The van der Waals surface area contributed by atoms with Crippen molar-refractivity contribution >= 4 is 35.2 Å². The summed E-state index contributed by atoms with van der Waals surface area (Å²) in [5, 5.41) is 26.0. The molecule has 1 fully saturated rings. The molecule has 1 saturated heterocycles. The van der Waals surface area contributed by atoms with E-state index >= 15 is 0 Å². The van der Waals surface area contributed by atoms with Crippen LogP contribution in [0.5, 0.6) is 0 Å². The Morgan fingerprint density at radius 2 is 1.97 bits per heavy atom. The van der Waals surface area contributed by atoms with Gasteiger partial charge in [0.05, 0.1) is 6.04 Å². The number of pyridine rings is 1. The molecule has 1 aromatic carbocycles. The highest BCUT2D eigenvalue weighted by Gasteiger charge is 2.38. The first-order valence-electron chi connectivity index (χ1n) is 11.5. The van der Waals surface area contributed by atoms with E-state index in [4.69, 9.17) is 11.6 Å². The molecule has 2 aliphatic rings. The zero-order valence-corrected chi connectivity index (χ0v) is 20.5. The molecule has 0 radical (unpaired) electrons. The minimum absolute atomic E-state index is 0.0932. The topological polar surface area (TPSA) is 103 Å². The maximum atomic E-state index is 13.3. The molecule has 1 aromatic heterocycles. The van der Waals surface area contributed by atoms with Gasteiger partial charge >= 0.3 is 0 Å². The van der Waals surface area contributed by atoms with Gasteiger partial charge < -0.3 is 20.4 Å². The molecule has 0 saturated carbocycles. The number of aromatic nitrogens is 1. The van der Waals surface area contributed by atoms with Crippen molar-refractivity contribution in [3.63, 3.8) is 0 Å². The van der Waals surface area contributed by atoms with Crippen LogP contribution in [0.2, 0.25) is 5.15 Å². The van der Waals surface area contributed by atoms with Crippen molar-refractivity contribution in [3.8, 4) is 0 Å². The van der Waals surface area contributed by atoms with Crippen LogP contribution >= 0.6 is 23.4 Å². The van der Waals surface area contributed by atoms with E-state index in [1.165, 1.54) is 22.6 Å². The van der Waals surface area contributed by atoms with Crippen molar-refractivity contribution < 1.29 is 24.2 Å². The molecule has 3 heterocycles. The molecule has 35 heavy (non-hydrogen) atoms. The lowest BCUT2D eigenvalue weighted by Crippen LogP contribution is -2.51. The molecule has 0 bridgehead atoms. The van der Waals surface area contributed by atoms with Crippen molar-refractivity contribution in [2.24, 2.45) is 0 Å². The maximum absolute atomic E-state index is 13.3. The van der Waals surface area contributed by atoms with Crippen LogP contribution in [0.25, 0.3) is 0 Å². The maximum Gasteiger partial charge on any atom is 0.255 e. The molecule has 2 aromatic rings. The van der Waals surface area contributed by atoms with E-state index in [0.717, 1.165) is 24.0 Å². The zero-order chi connectivity index (χ0) is 24.9. The van der Waals surface area contributed by atoms with E-state index < -0.39 is 24.0 Å². The lowest BCUT2D eigenvalue weighted by atomic mass is 10.0. The van der Waals surface area contributed by atoms with Gasteiger partial charge in [-0.3, -0.25) is 9.59 Å². The third-order valence-corrected chi connectivity index (χ3v) is 7.66. The second kappa shape index (κ2) is 11.5. The fraction of sp³-hybridized carbons (Fsp3) is 0.400. The second-order valence-corrected chi connectivity index (χ2v) is 10.3. The number of likely N-dealkylation sites (tertiary alicyclic amines) is 1. The van der Waals surface area contributed by atoms with Crippen LogP contribution in [0, 0.1) is 5.82 Å². The fourth-order valence-corrected chi connectivity index (χ4v) is 5.58. The number of carbonyl (C=O) groups excluding carboxylic acids is 2. The number of carbonyl (C=O) groups is 2. The van der Waals surface area contributed by atoms with Crippen LogP contribution in [-0.4, -0.2) is 62.5 Å². The van der Waals surface area contributed by atoms with E-state index in [1.54, 1.807) is 36.2 Å². The summed E-state index contributed by atoms with van der Waals surface area (Å²) in [7, 11) is 0. The third kappa shape index (κ3) is 6.41. The first kappa shape index (κ1) is 25.6. The van der Waals surface area contributed by atoms with Crippen molar-refractivity contribution in [2.75, 3.05) is 13.1 Å². The Bertz CT molecular complexity index is 1080. The number of hydrogen-bond donors (Lipinski definition) is 3. The number of rotatable bonds is 8. The number of hydrogen-bond acceptors (Lipinski definition) is 6. The summed E-state index contributed by atoms with van der Waals surface area (Å²) in [6.07, 6.45) is 0.851. The average molecular weight is 520 g/mol. The zero-order valence-electron chi connectivity index (χ0n) is 18.9. The van der Waals surface area contributed by atoms with E-state index in [1.807, 2.05) is 6.07 Å². The van der Waals surface area contributed by atoms with Gasteiger partial charge in [-0.2, -0.15) is 0 Å². The smallest absolute Gasteiger partial charge is 0.255 e. The van der Waals surface area contributed by atoms with Crippen LogP contribution in [0.3, 0.4) is 0 Å². The minimum Gasteiger partial charge on any atom is -0.380 e. The lowest BCUT2D eigenvalue weighted by molar-refractivity contribution is -0.153. The molecule has 2 amide bonds.